The average Bonchev–Trinajstić information content (AvgIpc) is 2.57. The Bertz CT molecular complexity index is 819. The molecule has 0 aliphatic heterocycles. The average molecular weight is 350 g/mol. The molecule has 0 radical (unpaired) electrons. The van der Waals surface area contributed by atoms with E-state index in [2.05, 4.69) is 0 Å². The predicted molar refractivity (Wildman–Crippen MR) is 90.9 cm³/mol. The second-order valence-corrected chi connectivity index (χ2v) is 6.71. The fourth-order valence-electron chi connectivity index (χ4n) is 2.25. The number of non-ortho nitro benzene ring substituents is 1. The molecule has 0 amide bonds. The molecule has 0 bridgehead atoms. The van der Waals surface area contributed by atoms with Crippen molar-refractivity contribution < 1.29 is 18.1 Å². The van der Waals surface area contributed by atoms with Gasteiger partial charge in [-0.25, -0.2) is 8.42 Å². The first-order chi connectivity index (χ1) is 11.4. The van der Waals surface area contributed by atoms with Gasteiger partial charge in [0.05, 0.1) is 22.1 Å². The molecule has 0 saturated carbocycles. The Balaban J connectivity index is 2.41. The van der Waals surface area contributed by atoms with Gasteiger partial charge in [-0.3, -0.25) is 14.4 Å². The summed E-state index contributed by atoms with van der Waals surface area (Å²) in [7, 11) is -3.90. The lowest BCUT2D eigenvalue weighted by Gasteiger charge is -2.23. The molecular formula is C16H18N2O5S. The van der Waals surface area contributed by atoms with Gasteiger partial charge in [0.2, 0.25) is 0 Å². The van der Waals surface area contributed by atoms with Crippen LogP contribution in [0.25, 0.3) is 0 Å². The first-order valence-corrected chi connectivity index (χ1v) is 8.84. The van der Waals surface area contributed by atoms with Gasteiger partial charge in [-0.1, -0.05) is 6.07 Å². The van der Waals surface area contributed by atoms with E-state index in [1.165, 1.54) is 22.5 Å². The molecule has 0 aliphatic rings. The van der Waals surface area contributed by atoms with E-state index in [0.717, 1.165) is 6.07 Å². The van der Waals surface area contributed by atoms with Crippen LogP contribution >= 0.6 is 0 Å². The van der Waals surface area contributed by atoms with Gasteiger partial charge in [0.15, 0.2) is 0 Å². The van der Waals surface area contributed by atoms with E-state index < -0.39 is 14.9 Å². The third-order valence-electron chi connectivity index (χ3n) is 3.34. The molecule has 0 heterocycles. The molecule has 0 fully saturated rings. The molecular weight excluding hydrogens is 332 g/mol. The molecule has 0 N–H and O–H groups in total. The molecule has 8 heteroatoms. The zero-order chi connectivity index (χ0) is 17.7. The highest BCUT2D eigenvalue weighted by molar-refractivity contribution is 7.92. The lowest BCUT2D eigenvalue weighted by Crippen LogP contribution is -2.30. The monoisotopic (exact) mass is 350 g/mol. The normalized spacial score (nSPS) is 11.1. The Hall–Kier alpha value is -2.61. The van der Waals surface area contributed by atoms with Crippen LogP contribution in [0.5, 0.6) is 5.75 Å². The summed E-state index contributed by atoms with van der Waals surface area (Å²) in [6.07, 6.45) is 0. The third-order valence-corrected chi connectivity index (χ3v) is 5.24. The van der Waals surface area contributed by atoms with Gasteiger partial charge < -0.3 is 4.74 Å². The van der Waals surface area contributed by atoms with Crippen molar-refractivity contribution in [2.24, 2.45) is 0 Å². The Kier molecular flexibility index (Phi) is 5.40. The van der Waals surface area contributed by atoms with Crippen LogP contribution in [0.4, 0.5) is 11.4 Å². The van der Waals surface area contributed by atoms with Crippen molar-refractivity contribution in [2.45, 2.75) is 18.7 Å². The number of hydrogen-bond donors (Lipinski definition) is 0. The maximum atomic E-state index is 12.8. The van der Waals surface area contributed by atoms with Gasteiger partial charge >= 0.3 is 0 Å². The van der Waals surface area contributed by atoms with Crippen molar-refractivity contribution in [3.05, 3.63) is 58.6 Å². The summed E-state index contributed by atoms with van der Waals surface area (Å²) in [6.45, 7) is 4.27. The van der Waals surface area contributed by atoms with Crippen LogP contribution in [0, 0.1) is 10.1 Å². The zero-order valence-electron chi connectivity index (χ0n) is 13.4. The maximum absolute atomic E-state index is 12.8. The SMILES string of the molecule is CCOc1ccc(N(CC)S(=O)(=O)c2cccc([N+](=O)[O-])c2)cc1. The summed E-state index contributed by atoms with van der Waals surface area (Å²) in [5, 5.41) is 10.9. The predicted octanol–water partition coefficient (Wildman–Crippen LogP) is 3.21. The first-order valence-electron chi connectivity index (χ1n) is 7.40. The van der Waals surface area contributed by atoms with E-state index in [0.29, 0.717) is 18.0 Å². The van der Waals surface area contributed by atoms with Crippen LogP contribution in [0.2, 0.25) is 0 Å². The Morgan fingerprint density at radius 3 is 2.33 bits per heavy atom. The number of nitro groups is 1. The first kappa shape index (κ1) is 17.7. The Labute approximate surface area is 140 Å². The van der Waals surface area contributed by atoms with E-state index in [1.54, 1.807) is 31.2 Å². The van der Waals surface area contributed by atoms with Crippen LogP contribution in [0.15, 0.2) is 53.4 Å². The summed E-state index contributed by atoms with van der Waals surface area (Å²) in [5.41, 5.74) is 0.200. The topological polar surface area (TPSA) is 89.8 Å². The van der Waals surface area contributed by atoms with Crippen molar-refractivity contribution in [1.29, 1.82) is 0 Å². The molecule has 0 aliphatic carbocycles. The molecule has 128 valence electrons. The minimum absolute atomic E-state index is 0.118. The van der Waals surface area contributed by atoms with Gasteiger partial charge in [0.25, 0.3) is 15.7 Å². The van der Waals surface area contributed by atoms with Gasteiger partial charge in [-0.2, -0.15) is 0 Å². The van der Waals surface area contributed by atoms with Gasteiger partial charge in [-0.05, 0) is 44.2 Å². The number of hydrogen-bond acceptors (Lipinski definition) is 5. The fraction of sp³-hybridized carbons (Fsp3) is 0.250. The van der Waals surface area contributed by atoms with Gasteiger partial charge in [0, 0.05) is 18.7 Å². The molecule has 0 unspecified atom stereocenters. The van der Waals surface area contributed by atoms with Crippen molar-refractivity contribution in [3.8, 4) is 5.75 Å². The molecule has 2 rings (SSSR count). The number of sulfonamides is 1. The largest absolute Gasteiger partial charge is 0.494 e. The minimum atomic E-state index is -3.90. The molecule has 0 spiro atoms. The molecule has 2 aromatic carbocycles. The fourth-order valence-corrected chi connectivity index (χ4v) is 3.77. The summed E-state index contributed by atoms with van der Waals surface area (Å²) >= 11 is 0. The lowest BCUT2D eigenvalue weighted by molar-refractivity contribution is -0.385. The van der Waals surface area contributed by atoms with E-state index in [1.807, 2.05) is 6.92 Å². The van der Waals surface area contributed by atoms with E-state index in [4.69, 9.17) is 4.74 Å². The number of nitrogens with zero attached hydrogens (tertiary/aromatic N) is 2. The molecule has 0 atom stereocenters. The highest BCUT2D eigenvalue weighted by Gasteiger charge is 2.25. The Morgan fingerprint density at radius 1 is 1.12 bits per heavy atom. The highest BCUT2D eigenvalue weighted by atomic mass is 32.2. The molecule has 7 nitrogen and oxygen atoms in total. The molecule has 0 aromatic heterocycles. The number of ether oxygens (including phenoxy) is 1. The third kappa shape index (κ3) is 3.65. The summed E-state index contributed by atoms with van der Waals surface area (Å²) < 4.78 is 32.2. The molecule has 0 saturated heterocycles. The van der Waals surface area contributed by atoms with Crippen LogP contribution in [0.3, 0.4) is 0 Å². The van der Waals surface area contributed by atoms with Crippen molar-refractivity contribution >= 4 is 21.4 Å². The summed E-state index contributed by atoms with van der Waals surface area (Å²) in [5.74, 6) is 0.644. The highest BCUT2D eigenvalue weighted by Crippen LogP contribution is 2.27. The molecule has 2 aromatic rings. The standard InChI is InChI=1S/C16H18N2O5S/c1-3-17(13-8-10-15(11-9-13)23-4-2)24(21,22)16-7-5-6-14(12-16)18(19)20/h5-12H,3-4H2,1-2H3. The van der Waals surface area contributed by atoms with Crippen LogP contribution in [-0.4, -0.2) is 26.5 Å². The van der Waals surface area contributed by atoms with Crippen LogP contribution in [-0.2, 0) is 10.0 Å². The number of rotatable bonds is 7. The second-order valence-electron chi connectivity index (χ2n) is 4.85. The van der Waals surface area contributed by atoms with E-state index in [9.17, 15) is 18.5 Å². The van der Waals surface area contributed by atoms with E-state index in [-0.39, 0.29) is 17.1 Å². The lowest BCUT2D eigenvalue weighted by atomic mass is 10.3. The van der Waals surface area contributed by atoms with Crippen molar-refractivity contribution in [1.82, 2.24) is 0 Å². The van der Waals surface area contributed by atoms with Crippen molar-refractivity contribution in [3.63, 3.8) is 0 Å². The molecule has 24 heavy (non-hydrogen) atoms. The maximum Gasteiger partial charge on any atom is 0.270 e. The second kappa shape index (κ2) is 7.31. The summed E-state index contributed by atoms with van der Waals surface area (Å²) in [6, 6.07) is 11.7. The van der Waals surface area contributed by atoms with Gasteiger partial charge in [0.1, 0.15) is 5.75 Å². The smallest absolute Gasteiger partial charge is 0.270 e. The van der Waals surface area contributed by atoms with Crippen molar-refractivity contribution in [2.75, 3.05) is 17.5 Å². The van der Waals surface area contributed by atoms with Gasteiger partial charge in [-0.15, -0.1) is 0 Å². The number of anilines is 1. The quantitative estimate of drug-likeness (QED) is 0.565. The minimum Gasteiger partial charge on any atom is -0.494 e. The number of nitro benzene ring substituents is 1. The van der Waals surface area contributed by atoms with Crippen LogP contribution in [0.1, 0.15) is 13.8 Å². The van der Waals surface area contributed by atoms with E-state index >= 15 is 0 Å². The Morgan fingerprint density at radius 2 is 1.79 bits per heavy atom. The zero-order valence-corrected chi connectivity index (χ0v) is 14.2. The number of benzene rings is 2. The summed E-state index contributed by atoms with van der Waals surface area (Å²) in [4.78, 5) is 10.1. The van der Waals surface area contributed by atoms with Crippen LogP contribution < -0.4 is 9.04 Å².